The molecule has 0 aromatic heterocycles. The molecule has 0 unspecified atom stereocenters. The zero-order chi connectivity index (χ0) is 22.5. The topological polar surface area (TPSA) is 86.7 Å². The zero-order valence-corrected chi connectivity index (χ0v) is 22.3. The Bertz CT molecular complexity index is 885. The first-order valence-electron chi connectivity index (χ1n) is 11.5. The second-order valence-corrected chi connectivity index (χ2v) is 9.44. The Balaban J connectivity index is 0.00000512. The molecular formula is C25H35NaO5S. The second-order valence-electron chi connectivity index (χ2n) is 8.05. The molecule has 0 aliphatic rings. The van der Waals surface area contributed by atoms with Gasteiger partial charge in [-0.05, 0) is 36.6 Å². The fraction of sp³-hybridized carbons (Fsp3) is 0.520. The monoisotopic (exact) mass is 470 g/mol. The number of unbranched alkanes of at least 4 members (excludes halogenated alkanes) is 10. The van der Waals surface area contributed by atoms with Crippen molar-refractivity contribution in [1.82, 2.24) is 0 Å². The summed E-state index contributed by atoms with van der Waals surface area (Å²) in [5.41, 5.74) is 0.301. The fourth-order valence-corrected chi connectivity index (χ4v) is 4.35. The van der Waals surface area contributed by atoms with Gasteiger partial charge in [0.2, 0.25) is 0 Å². The summed E-state index contributed by atoms with van der Waals surface area (Å²) in [6.45, 7) is 2.23. The third-order valence-electron chi connectivity index (χ3n) is 5.45. The maximum Gasteiger partial charge on any atom is 1.00 e. The van der Waals surface area contributed by atoms with Crippen molar-refractivity contribution in [1.29, 1.82) is 0 Å². The molecule has 0 spiro atoms. The van der Waals surface area contributed by atoms with Crippen LogP contribution in [0.5, 0.6) is 17.2 Å². The molecule has 0 fully saturated rings. The van der Waals surface area contributed by atoms with E-state index in [0.29, 0.717) is 17.7 Å². The SMILES string of the molecule is CCCCCCCCCCCCCc1c([O-])ccc(S(=O)(=O)O)c1Oc1ccccc1.[Na+]. The van der Waals surface area contributed by atoms with Gasteiger partial charge in [-0.2, -0.15) is 8.42 Å². The molecule has 2 rings (SSSR count). The maximum atomic E-state index is 12.5. The molecule has 0 bridgehead atoms. The second kappa shape index (κ2) is 15.7. The molecule has 2 aromatic carbocycles. The van der Waals surface area contributed by atoms with Crippen LogP contribution in [0.15, 0.2) is 47.4 Å². The van der Waals surface area contributed by atoms with Crippen molar-refractivity contribution >= 4 is 10.1 Å². The van der Waals surface area contributed by atoms with Gasteiger partial charge < -0.3 is 9.84 Å². The minimum atomic E-state index is -4.51. The summed E-state index contributed by atoms with van der Waals surface area (Å²) in [6, 6.07) is 11.0. The number of rotatable bonds is 15. The molecule has 0 aliphatic carbocycles. The Hall–Kier alpha value is -1.05. The van der Waals surface area contributed by atoms with E-state index in [2.05, 4.69) is 6.92 Å². The van der Waals surface area contributed by atoms with Crippen LogP contribution in [0.2, 0.25) is 0 Å². The Morgan fingerprint density at radius 3 is 1.88 bits per heavy atom. The summed E-state index contributed by atoms with van der Waals surface area (Å²) in [5, 5.41) is 12.5. The fourth-order valence-electron chi connectivity index (χ4n) is 3.71. The van der Waals surface area contributed by atoms with E-state index in [0.717, 1.165) is 25.3 Å². The van der Waals surface area contributed by atoms with Crippen LogP contribution in [-0.4, -0.2) is 13.0 Å². The third-order valence-corrected chi connectivity index (χ3v) is 6.33. The molecule has 0 atom stereocenters. The molecule has 5 nitrogen and oxygen atoms in total. The van der Waals surface area contributed by atoms with Crippen molar-refractivity contribution in [3.8, 4) is 17.2 Å². The minimum absolute atomic E-state index is 0. The standard InChI is InChI=1S/C25H36O5S.Na/c1-2-3-4-5-6-7-8-9-10-11-15-18-22-23(26)19-20-24(31(27,28)29)25(22)30-21-16-13-12-14-17-21;/h12-14,16-17,19-20,26H,2-11,15,18H2,1H3,(H,27,28,29);/q;+1/p-1. The van der Waals surface area contributed by atoms with E-state index in [1.165, 1.54) is 57.4 Å². The van der Waals surface area contributed by atoms with E-state index in [9.17, 15) is 18.1 Å². The van der Waals surface area contributed by atoms with Crippen molar-refractivity contribution in [2.24, 2.45) is 0 Å². The summed E-state index contributed by atoms with van der Waals surface area (Å²) < 4.78 is 39.1. The molecule has 7 heteroatoms. The van der Waals surface area contributed by atoms with Crippen molar-refractivity contribution in [3.63, 3.8) is 0 Å². The molecule has 0 heterocycles. The van der Waals surface area contributed by atoms with Crippen LogP contribution in [0.4, 0.5) is 0 Å². The van der Waals surface area contributed by atoms with E-state index in [-0.39, 0.29) is 46.0 Å². The number of para-hydroxylation sites is 1. The minimum Gasteiger partial charge on any atom is -0.872 e. The summed E-state index contributed by atoms with van der Waals surface area (Å²) in [7, 11) is -4.51. The normalized spacial score (nSPS) is 11.2. The Morgan fingerprint density at radius 2 is 1.34 bits per heavy atom. The molecule has 172 valence electrons. The quantitative estimate of drug-likeness (QED) is 0.244. The van der Waals surface area contributed by atoms with Crippen LogP contribution in [0.25, 0.3) is 0 Å². The van der Waals surface area contributed by atoms with Crippen LogP contribution >= 0.6 is 0 Å². The van der Waals surface area contributed by atoms with Gasteiger partial charge in [-0.3, -0.25) is 4.55 Å². The van der Waals surface area contributed by atoms with Gasteiger partial charge in [0.15, 0.2) is 5.75 Å². The smallest absolute Gasteiger partial charge is 0.872 e. The Kier molecular flexibility index (Phi) is 14.2. The van der Waals surface area contributed by atoms with Gasteiger partial charge in [0.25, 0.3) is 10.1 Å². The number of ether oxygens (including phenoxy) is 1. The van der Waals surface area contributed by atoms with E-state index < -0.39 is 10.1 Å². The maximum absolute atomic E-state index is 12.5. The van der Waals surface area contributed by atoms with Crippen LogP contribution in [0, 0.1) is 0 Å². The van der Waals surface area contributed by atoms with Gasteiger partial charge in [-0.15, -0.1) is 5.75 Å². The summed E-state index contributed by atoms with van der Waals surface area (Å²) >= 11 is 0. The van der Waals surface area contributed by atoms with E-state index in [1.54, 1.807) is 24.3 Å². The van der Waals surface area contributed by atoms with Crippen LogP contribution in [-0.2, 0) is 16.5 Å². The van der Waals surface area contributed by atoms with E-state index in [4.69, 9.17) is 4.74 Å². The number of hydrogen-bond donors (Lipinski definition) is 1. The van der Waals surface area contributed by atoms with Gasteiger partial charge in [-0.1, -0.05) is 95.4 Å². The first-order chi connectivity index (χ1) is 14.9. The van der Waals surface area contributed by atoms with Crippen molar-refractivity contribution in [2.75, 3.05) is 0 Å². The summed E-state index contributed by atoms with van der Waals surface area (Å²) in [5.74, 6) is 0.0804. The predicted molar refractivity (Wildman–Crippen MR) is 122 cm³/mol. The molecule has 32 heavy (non-hydrogen) atoms. The molecule has 0 radical (unpaired) electrons. The van der Waals surface area contributed by atoms with Gasteiger partial charge in [0, 0.05) is 0 Å². The van der Waals surface area contributed by atoms with Crippen LogP contribution in [0.3, 0.4) is 0 Å². The third kappa shape index (κ3) is 10.3. The first kappa shape index (κ1) is 29.0. The summed E-state index contributed by atoms with van der Waals surface area (Å²) in [4.78, 5) is -0.367. The summed E-state index contributed by atoms with van der Waals surface area (Å²) in [6.07, 6.45) is 13.5. The molecule has 0 saturated heterocycles. The average molecular weight is 471 g/mol. The zero-order valence-electron chi connectivity index (χ0n) is 19.5. The van der Waals surface area contributed by atoms with E-state index >= 15 is 0 Å². The Labute approximate surface area is 215 Å². The molecule has 1 N–H and O–H groups in total. The molecule has 0 saturated carbocycles. The average Bonchev–Trinajstić information content (AvgIpc) is 2.73. The number of benzene rings is 2. The molecular weight excluding hydrogens is 435 g/mol. The van der Waals surface area contributed by atoms with Gasteiger partial charge in [-0.25, -0.2) is 0 Å². The van der Waals surface area contributed by atoms with Crippen LogP contribution in [0.1, 0.15) is 83.1 Å². The molecule has 0 aliphatic heterocycles. The molecule has 2 aromatic rings. The van der Waals surface area contributed by atoms with Crippen molar-refractivity contribution < 1.29 is 52.4 Å². The van der Waals surface area contributed by atoms with Crippen molar-refractivity contribution in [2.45, 2.75) is 88.9 Å². The van der Waals surface area contributed by atoms with Crippen molar-refractivity contribution in [3.05, 3.63) is 48.0 Å². The Morgan fingerprint density at radius 1 is 0.812 bits per heavy atom. The van der Waals surface area contributed by atoms with Crippen LogP contribution < -0.4 is 39.4 Å². The van der Waals surface area contributed by atoms with Gasteiger partial charge in [0.1, 0.15) is 10.6 Å². The molecule has 0 amide bonds. The van der Waals surface area contributed by atoms with Gasteiger partial charge in [0.05, 0.1) is 0 Å². The first-order valence-corrected chi connectivity index (χ1v) is 12.9. The largest absolute Gasteiger partial charge is 1.00 e. The predicted octanol–water partition coefficient (Wildman–Crippen LogP) is 3.66. The number of hydrogen-bond acceptors (Lipinski definition) is 4. The van der Waals surface area contributed by atoms with Gasteiger partial charge >= 0.3 is 29.6 Å². The van der Waals surface area contributed by atoms with E-state index in [1.807, 2.05) is 6.07 Å².